The van der Waals surface area contributed by atoms with Crippen LogP contribution in [-0.4, -0.2) is 34.6 Å². The van der Waals surface area contributed by atoms with Crippen LogP contribution in [0.3, 0.4) is 0 Å². The van der Waals surface area contributed by atoms with Crippen LogP contribution in [0.2, 0.25) is 0 Å². The molecule has 2 aliphatic heterocycles. The summed E-state index contributed by atoms with van der Waals surface area (Å²) in [6.07, 6.45) is -4.81. The van der Waals surface area contributed by atoms with Crippen LogP contribution in [0.5, 0.6) is 5.75 Å². The van der Waals surface area contributed by atoms with Crippen molar-refractivity contribution in [2.75, 3.05) is 17.3 Å². The molecule has 3 amide bonds. The summed E-state index contributed by atoms with van der Waals surface area (Å²) in [6, 6.07) is 18.6. The number of imide groups is 1. The number of thioether (sulfide) groups is 1. The predicted molar refractivity (Wildman–Crippen MR) is 174 cm³/mol. The summed E-state index contributed by atoms with van der Waals surface area (Å²) in [5.74, 6) is -3.38. The van der Waals surface area contributed by atoms with E-state index in [-0.39, 0.29) is 12.0 Å². The second kappa shape index (κ2) is 12.0. The average molecular weight is 682 g/mol. The van der Waals surface area contributed by atoms with Crippen molar-refractivity contribution in [3.05, 3.63) is 104 Å². The molecule has 8 nitrogen and oxygen atoms in total. The SMILES string of the molecule is COc1ccc(NC(=O)Cn2c3c(sc2=O)C(c2ccc(C(C)(C)C)cc2)C2C(=O)N(c4ccccc4C(F)(F)F)C(=O)C2S3)cc1. The summed E-state index contributed by atoms with van der Waals surface area (Å²) in [5.41, 5.74) is 0.311. The highest BCUT2D eigenvalue weighted by atomic mass is 32.2. The van der Waals surface area contributed by atoms with Gasteiger partial charge >= 0.3 is 11.0 Å². The van der Waals surface area contributed by atoms with E-state index >= 15 is 0 Å². The van der Waals surface area contributed by atoms with E-state index in [9.17, 15) is 32.3 Å². The number of fused-ring (bicyclic) bond motifs is 2. The third-order valence-electron chi connectivity index (χ3n) is 8.31. The number of halogens is 3. The first-order valence-electron chi connectivity index (χ1n) is 14.7. The van der Waals surface area contributed by atoms with Crippen LogP contribution in [0.25, 0.3) is 0 Å². The van der Waals surface area contributed by atoms with E-state index in [1.807, 2.05) is 45.0 Å². The number of benzene rings is 3. The number of nitrogens with one attached hydrogen (secondary N) is 1. The lowest BCUT2D eigenvalue weighted by atomic mass is 9.81. The smallest absolute Gasteiger partial charge is 0.418 e. The van der Waals surface area contributed by atoms with Gasteiger partial charge in [-0.1, -0.05) is 80.3 Å². The standard InChI is InChI=1S/C34H30F3N3O5S2/c1-33(2,3)19-11-9-18(10-12-19)25-26-27(30(43)40(29(26)42)23-8-6-5-7-22(23)34(35,36)37)46-31-28(25)47-32(44)39(31)17-24(41)38-20-13-15-21(45-4)16-14-20/h5-16,25-27H,17H2,1-4H3,(H,38,41). The molecule has 47 heavy (non-hydrogen) atoms. The van der Waals surface area contributed by atoms with Gasteiger partial charge < -0.3 is 10.1 Å². The number of hydrogen-bond donors (Lipinski definition) is 1. The highest BCUT2D eigenvalue weighted by Crippen LogP contribution is 2.54. The van der Waals surface area contributed by atoms with E-state index in [4.69, 9.17) is 4.74 Å². The molecule has 0 aliphatic carbocycles. The zero-order chi connectivity index (χ0) is 33.8. The Hall–Kier alpha value is -4.36. The van der Waals surface area contributed by atoms with Crippen LogP contribution < -0.4 is 19.8 Å². The van der Waals surface area contributed by atoms with E-state index in [1.165, 1.54) is 23.8 Å². The van der Waals surface area contributed by atoms with Gasteiger partial charge in [-0.15, -0.1) is 0 Å². The van der Waals surface area contributed by atoms with Gasteiger partial charge in [0, 0.05) is 16.5 Å². The minimum atomic E-state index is -4.81. The van der Waals surface area contributed by atoms with Gasteiger partial charge in [-0.25, -0.2) is 4.90 Å². The Labute approximate surface area is 276 Å². The van der Waals surface area contributed by atoms with Gasteiger partial charge in [0.25, 0.3) is 0 Å². The molecule has 1 saturated heterocycles. The first-order valence-corrected chi connectivity index (χ1v) is 16.4. The first-order chi connectivity index (χ1) is 22.2. The van der Waals surface area contributed by atoms with Crippen LogP contribution in [0.1, 0.15) is 48.3 Å². The van der Waals surface area contributed by atoms with E-state index in [2.05, 4.69) is 5.32 Å². The molecule has 0 spiro atoms. The van der Waals surface area contributed by atoms with Crippen LogP contribution >= 0.6 is 23.1 Å². The normalized spacial score (nSPS) is 19.4. The Bertz CT molecular complexity index is 1930. The number of thiazole rings is 1. The number of rotatable bonds is 6. The summed E-state index contributed by atoms with van der Waals surface area (Å²) in [4.78, 5) is 55.3. The van der Waals surface area contributed by atoms with Crippen LogP contribution in [-0.2, 0) is 32.5 Å². The molecular formula is C34H30F3N3O5S2. The number of alkyl halides is 3. The molecule has 3 heterocycles. The maximum atomic E-state index is 14.1. The van der Waals surface area contributed by atoms with E-state index in [1.54, 1.807) is 24.3 Å². The number of hydrogen-bond acceptors (Lipinski definition) is 7. The molecule has 1 N–H and O–H groups in total. The summed E-state index contributed by atoms with van der Waals surface area (Å²) in [5, 5.41) is 1.95. The fourth-order valence-electron chi connectivity index (χ4n) is 5.97. The Morgan fingerprint density at radius 3 is 2.19 bits per heavy atom. The molecule has 6 rings (SSSR count). The second-order valence-corrected chi connectivity index (χ2v) is 14.5. The maximum Gasteiger partial charge on any atom is 0.418 e. The largest absolute Gasteiger partial charge is 0.497 e. The molecule has 1 aromatic heterocycles. The van der Waals surface area contributed by atoms with Crippen molar-refractivity contribution in [3.63, 3.8) is 0 Å². The molecule has 3 atom stereocenters. The molecule has 4 aromatic rings. The number of amides is 3. The molecule has 244 valence electrons. The lowest BCUT2D eigenvalue weighted by molar-refractivity contribution is -0.137. The monoisotopic (exact) mass is 681 g/mol. The van der Waals surface area contributed by atoms with Crippen molar-refractivity contribution in [2.24, 2.45) is 5.92 Å². The number of anilines is 2. The Kier molecular flexibility index (Phi) is 8.33. The molecule has 3 aromatic carbocycles. The van der Waals surface area contributed by atoms with Crippen molar-refractivity contribution in [3.8, 4) is 5.75 Å². The van der Waals surface area contributed by atoms with Crippen LogP contribution in [0.15, 0.2) is 82.6 Å². The minimum absolute atomic E-state index is 0.183. The maximum absolute atomic E-state index is 14.1. The molecule has 0 radical (unpaired) electrons. The van der Waals surface area contributed by atoms with Gasteiger partial charge in [0.05, 0.1) is 29.3 Å². The van der Waals surface area contributed by atoms with E-state index < -0.39 is 57.1 Å². The summed E-state index contributed by atoms with van der Waals surface area (Å²) in [7, 11) is 1.52. The van der Waals surface area contributed by atoms with Gasteiger partial charge in [0.15, 0.2) is 0 Å². The van der Waals surface area contributed by atoms with Crippen molar-refractivity contribution in [2.45, 2.75) is 55.1 Å². The van der Waals surface area contributed by atoms with Gasteiger partial charge in [-0.3, -0.25) is 23.7 Å². The summed E-state index contributed by atoms with van der Waals surface area (Å²) >= 11 is 1.81. The number of methoxy groups -OCH3 is 1. The fraction of sp³-hybridized carbons (Fsp3) is 0.294. The number of carbonyl (C=O) groups is 3. The number of ether oxygens (including phenoxy) is 1. The predicted octanol–water partition coefficient (Wildman–Crippen LogP) is 6.67. The van der Waals surface area contributed by atoms with Gasteiger partial charge in [0.2, 0.25) is 17.7 Å². The molecular weight excluding hydrogens is 652 g/mol. The second-order valence-electron chi connectivity index (χ2n) is 12.3. The highest BCUT2D eigenvalue weighted by molar-refractivity contribution is 8.00. The highest BCUT2D eigenvalue weighted by Gasteiger charge is 2.57. The quantitative estimate of drug-likeness (QED) is 0.229. The first kappa shape index (κ1) is 32.6. The van der Waals surface area contributed by atoms with E-state index in [0.29, 0.717) is 31.8 Å². The lowest BCUT2D eigenvalue weighted by Gasteiger charge is -2.31. The number of carbonyl (C=O) groups excluding carboxylic acids is 3. The Balaban J connectivity index is 1.43. The molecule has 1 fully saturated rings. The molecule has 13 heteroatoms. The molecule has 3 unspecified atom stereocenters. The van der Waals surface area contributed by atoms with Gasteiger partial charge in [0.1, 0.15) is 17.5 Å². The molecule has 0 saturated carbocycles. The van der Waals surface area contributed by atoms with Crippen molar-refractivity contribution in [1.82, 2.24) is 4.57 Å². The third kappa shape index (κ3) is 5.98. The molecule has 2 aliphatic rings. The van der Waals surface area contributed by atoms with Crippen LogP contribution in [0.4, 0.5) is 24.5 Å². The lowest BCUT2D eigenvalue weighted by Crippen LogP contribution is -2.33. The van der Waals surface area contributed by atoms with Crippen molar-refractivity contribution < 1.29 is 32.3 Å². The third-order valence-corrected chi connectivity index (χ3v) is 10.9. The van der Waals surface area contributed by atoms with Crippen molar-refractivity contribution in [1.29, 1.82) is 0 Å². The minimum Gasteiger partial charge on any atom is -0.497 e. The topological polar surface area (TPSA) is 97.7 Å². The zero-order valence-corrected chi connectivity index (χ0v) is 27.4. The molecule has 0 bridgehead atoms. The Morgan fingerprint density at radius 1 is 0.915 bits per heavy atom. The number of aromatic nitrogens is 1. The van der Waals surface area contributed by atoms with Gasteiger partial charge in [-0.05, 0) is 52.9 Å². The summed E-state index contributed by atoms with van der Waals surface area (Å²) in [6.45, 7) is 5.77. The Morgan fingerprint density at radius 2 is 1.57 bits per heavy atom. The van der Waals surface area contributed by atoms with Gasteiger partial charge in [-0.2, -0.15) is 13.2 Å². The average Bonchev–Trinajstić information content (AvgIpc) is 3.46. The van der Waals surface area contributed by atoms with Crippen molar-refractivity contribution >= 4 is 52.2 Å². The fourth-order valence-corrected chi connectivity index (χ4v) is 8.74. The number of para-hydroxylation sites is 1. The zero-order valence-electron chi connectivity index (χ0n) is 25.8. The van der Waals surface area contributed by atoms with E-state index in [0.717, 1.165) is 40.8 Å². The summed E-state index contributed by atoms with van der Waals surface area (Å²) < 4.78 is 48.5. The van der Waals surface area contributed by atoms with Crippen LogP contribution in [0, 0.1) is 5.92 Å². The number of nitrogens with zero attached hydrogens (tertiary/aromatic N) is 2.